The predicted octanol–water partition coefficient (Wildman–Crippen LogP) is 0.438. The number of aliphatic hydroxyl groups is 2. The van der Waals surface area contributed by atoms with Crippen molar-refractivity contribution in [2.24, 2.45) is 0 Å². The highest BCUT2D eigenvalue weighted by molar-refractivity contribution is 5.94. The van der Waals surface area contributed by atoms with Gasteiger partial charge in [-0.1, -0.05) is 0 Å². The van der Waals surface area contributed by atoms with Crippen LogP contribution in [0.4, 0.5) is 8.78 Å². The molecule has 0 aliphatic rings. The second-order valence-corrected chi connectivity index (χ2v) is 3.96. The van der Waals surface area contributed by atoms with Crippen molar-refractivity contribution in [3.05, 3.63) is 35.4 Å². The van der Waals surface area contributed by atoms with Gasteiger partial charge >= 0.3 is 0 Å². The van der Waals surface area contributed by atoms with E-state index in [1.807, 2.05) is 0 Å². The van der Waals surface area contributed by atoms with Crippen LogP contribution in [0.1, 0.15) is 17.3 Å². The first-order valence-corrected chi connectivity index (χ1v) is 4.91. The Morgan fingerprint density at radius 3 is 2.41 bits per heavy atom. The highest BCUT2D eigenvalue weighted by atomic mass is 19.1. The van der Waals surface area contributed by atoms with Crippen molar-refractivity contribution in [2.75, 3.05) is 13.2 Å². The lowest BCUT2D eigenvalue weighted by molar-refractivity contribution is 0.0720. The van der Waals surface area contributed by atoms with E-state index in [0.717, 1.165) is 12.1 Å². The van der Waals surface area contributed by atoms with E-state index in [-0.39, 0.29) is 5.56 Å². The fourth-order valence-corrected chi connectivity index (χ4v) is 1.14. The van der Waals surface area contributed by atoms with Crippen LogP contribution in [0.3, 0.4) is 0 Å². The summed E-state index contributed by atoms with van der Waals surface area (Å²) in [5, 5.41) is 20.2. The number of hydrogen-bond donors (Lipinski definition) is 3. The molecule has 1 aromatic rings. The summed E-state index contributed by atoms with van der Waals surface area (Å²) in [5.74, 6) is -2.61. The average Bonchev–Trinajstić information content (AvgIpc) is 2.28. The summed E-state index contributed by atoms with van der Waals surface area (Å²) in [6.45, 7) is 0.391. The van der Waals surface area contributed by atoms with Crippen molar-refractivity contribution in [2.45, 2.75) is 12.5 Å². The van der Waals surface area contributed by atoms with Crippen LogP contribution in [0, 0.1) is 11.6 Å². The lowest BCUT2D eigenvalue weighted by atomic mass is 10.0. The molecule has 0 atom stereocenters. The van der Waals surface area contributed by atoms with Crippen LogP contribution in [0.2, 0.25) is 0 Å². The van der Waals surface area contributed by atoms with E-state index in [0.29, 0.717) is 6.07 Å². The van der Waals surface area contributed by atoms with Crippen LogP contribution in [-0.2, 0) is 0 Å². The number of benzene rings is 1. The highest BCUT2D eigenvalue weighted by Crippen LogP contribution is 2.11. The molecule has 94 valence electrons. The van der Waals surface area contributed by atoms with Crippen LogP contribution < -0.4 is 5.32 Å². The van der Waals surface area contributed by atoms with Crippen molar-refractivity contribution in [1.82, 2.24) is 5.32 Å². The molecule has 0 saturated carbocycles. The molecule has 0 spiro atoms. The number of amides is 1. The third kappa shape index (κ3) is 3.21. The lowest BCUT2D eigenvalue weighted by Crippen LogP contribution is -2.51. The summed E-state index contributed by atoms with van der Waals surface area (Å²) in [4.78, 5) is 11.6. The second kappa shape index (κ2) is 5.20. The van der Waals surface area contributed by atoms with E-state index in [4.69, 9.17) is 10.2 Å². The molecule has 17 heavy (non-hydrogen) atoms. The van der Waals surface area contributed by atoms with Gasteiger partial charge in [-0.05, 0) is 19.1 Å². The van der Waals surface area contributed by atoms with E-state index >= 15 is 0 Å². The fourth-order valence-electron chi connectivity index (χ4n) is 1.14. The van der Waals surface area contributed by atoms with E-state index in [1.165, 1.54) is 6.92 Å². The first-order chi connectivity index (χ1) is 7.91. The normalized spacial score (nSPS) is 11.4. The van der Waals surface area contributed by atoms with E-state index in [2.05, 4.69) is 5.32 Å². The molecular formula is C11H13F2NO3. The Morgan fingerprint density at radius 1 is 1.35 bits per heavy atom. The first kappa shape index (κ1) is 13.5. The molecule has 6 heteroatoms. The summed E-state index contributed by atoms with van der Waals surface area (Å²) < 4.78 is 25.9. The van der Waals surface area contributed by atoms with Gasteiger partial charge in [0.05, 0.1) is 24.3 Å². The number of carbonyl (C=O) groups excluding carboxylic acids is 1. The number of carbonyl (C=O) groups is 1. The van der Waals surface area contributed by atoms with Gasteiger partial charge in [0.2, 0.25) is 0 Å². The minimum Gasteiger partial charge on any atom is -0.394 e. The second-order valence-electron chi connectivity index (χ2n) is 3.96. The number of hydrogen-bond acceptors (Lipinski definition) is 3. The molecule has 0 fully saturated rings. The molecule has 4 nitrogen and oxygen atoms in total. The molecule has 0 aliphatic heterocycles. The van der Waals surface area contributed by atoms with Crippen molar-refractivity contribution in [1.29, 1.82) is 0 Å². The van der Waals surface area contributed by atoms with Crippen LogP contribution >= 0.6 is 0 Å². The van der Waals surface area contributed by atoms with Gasteiger partial charge in [0.1, 0.15) is 11.6 Å². The summed E-state index contributed by atoms with van der Waals surface area (Å²) in [7, 11) is 0. The van der Waals surface area contributed by atoms with Crippen LogP contribution in [0.15, 0.2) is 18.2 Å². The van der Waals surface area contributed by atoms with Crippen LogP contribution in [-0.4, -0.2) is 34.9 Å². The zero-order valence-electron chi connectivity index (χ0n) is 9.20. The standard InChI is InChI=1S/C11H13F2NO3/c1-11(5-15,6-16)14-10(17)8-3-2-7(12)4-9(8)13/h2-4,15-16H,5-6H2,1H3,(H,14,17). The Labute approximate surface area is 96.9 Å². The topological polar surface area (TPSA) is 69.6 Å². The van der Waals surface area contributed by atoms with E-state index in [9.17, 15) is 13.6 Å². The first-order valence-electron chi connectivity index (χ1n) is 4.91. The molecule has 0 aromatic heterocycles. The van der Waals surface area contributed by atoms with Crippen LogP contribution in [0.25, 0.3) is 0 Å². The quantitative estimate of drug-likeness (QED) is 0.720. The Hall–Kier alpha value is -1.53. The summed E-state index contributed by atoms with van der Waals surface area (Å²) in [5.41, 5.74) is -1.60. The number of aliphatic hydroxyl groups excluding tert-OH is 2. The maximum absolute atomic E-state index is 13.3. The van der Waals surface area contributed by atoms with Gasteiger partial charge in [-0.2, -0.15) is 0 Å². The summed E-state index contributed by atoms with van der Waals surface area (Å²) >= 11 is 0. The van der Waals surface area contributed by atoms with Gasteiger partial charge in [0, 0.05) is 6.07 Å². The fraction of sp³-hybridized carbons (Fsp3) is 0.364. The van der Waals surface area contributed by atoms with Gasteiger partial charge in [-0.15, -0.1) is 0 Å². The molecule has 0 saturated heterocycles. The minimum atomic E-state index is -1.25. The van der Waals surface area contributed by atoms with Crippen molar-refractivity contribution in [3.8, 4) is 0 Å². The monoisotopic (exact) mass is 245 g/mol. The zero-order valence-corrected chi connectivity index (χ0v) is 9.20. The maximum atomic E-state index is 13.3. The Morgan fingerprint density at radius 2 is 1.94 bits per heavy atom. The SMILES string of the molecule is CC(CO)(CO)NC(=O)c1ccc(F)cc1F. The van der Waals surface area contributed by atoms with Crippen molar-refractivity contribution < 1.29 is 23.8 Å². The highest BCUT2D eigenvalue weighted by Gasteiger charge is 2.26. The Bertz CT molecular complexity index is 419. The Kier molecular flexibility index (Phi) is 4.14. The molecule has 1 amide bonds. The molecule has 1 rings (SSSR count). The van der Waals surface area contributed by atoms with Crippen molar-refractivity contribution in [3.63, 3.8) is 0 Å². The lowest BCUT2D eigenvalue weighted by Gasteiger charge is -2.26. The van der Waals surface area contributed by atoms with Crippen LogP contribution in [0.5, 0.6) is 0 Å². The number of halogens is 2. The number of nitrogens with one attached hydrogen (secondary N) is 1. The number of rotatable bonds is 4. The third-order valence-electron chi connectivity index (χ3n) is 2.29. The molecule has 0 aliphatic carbocycles. The Balaban J connectivity index is 2.90. The molecule has 0 unspecified atom stereocenters. The zero-order chi connectivity index (χ0) is 13.1. The molecule has 0 radical (unpaired) electrons. The van der Waals surface area contributed by atoms with E-state index < -0.39 is 36.3 Å². The van der Waals surface area contributed by atoms with Gasteiger partial charge in [-0.3, -0.25) is 4.79 Å². The van der Waals surface area contributed by atoms with Gasteiger partial charge in [-0.25, -0.2) is 8.78 Å². The van der Waals surface area contributed by atoms with Gasteiger partial charge in [0.25, 0.3) is 5.91 Å². The minimum absolute atomic E-state index is 0.348. The average molecular weight is 245 g/mol. The molecule has 0 bridgehead atoms. The smallest absolute Gasteiger partial charge is 0.254 e. The molecule has 0 heterocycles. The largest absolute Gasteiger partial charge is 0.394 e. The molecule has 3 N–H and O–H groups in total. The predicted molar refractivity (Wildman–Crippen MR) is 56.4 cm³/mol. The van der Waals surface area contributed by atoms with Gasteiger partial charge in [0.15, 0.2) is 0 Å². The van der Waals surface area contributed by atoms with E-state index in [1.54, 1.807) is 0 Å². The summed E-state index contributed by atoms with van der Waals surface area (Å²) in [6.07, 6.45) is 0. The van der Waals surface area contributed by atoms with Crippen molar-refractivity contribution >= 4 is 5.91 Å². The molecule has 1 aromatic carbocycles. The third-order valence-corrected chi connectivity index (χ3v) is 2.29. The molecular weight excluding hydrogens is 232 g/mol. The van der Waals surface area contributed by atoms with Gasteiger partial charge < -0.3 is 15.5 Å². The summed E-state index contributed by atoms with van der Waals surface area (Å²) in [6, 6.07) is 2.53. The maximum Gasteiger partial charge on any atom is 0.254 e.